The molecule has 2 aliphatic heterocycles. The lowest BCUT2D eigenvalue weighted by atomic mass is 10.2. The number of para-hydroxylation sites is 1. The Bertz CT molecular complexity index is 1160. The number of rotatable bonds is 3. The molecule has 0 bridgehead atoms. The Hall–Kier alpha value is -3.03. The summed E-state index contributed by atoms with van der Waals surface area (Å²) in [6, 6.07) is 21.9. The van der Waals surface area contributed by atoms with E-state index in [0.717, 1.165) is 26.9 Å². The Balaban J connectivity index is 1.55. The van der Waals surface area contributed by atoms with Crippen molar-refractivity contribution < 1.29 is 4.79 Å². The van der Waals surface area contributed by atoms with E-state index in [2.05, 4.69) is 22.0 Å². The zero-order chi connectivity index (χ0) is 20.5. The first-order valence-electron chi connectivity index (χ1n) is 9.48. The van der Waals surface area contributed by atoms with Gasteiger partial charge in [0.05, 0.1) is 22.9 Å². The number of fused-ring (bicyclic) bond motifs is 1. The fourth-order valence-electron chi connectivity index (χ4n) is 3.35. The Morgan fingerprint density at radius 2 is 1.67 bits per heavy atom. The average molecular weight is 431 g/mol. The van der Waals surface area contributed by atoms with E-state index in [1.54, 1.807) is 29.1 Å². The zero-order valence-corrected chi connectivity index (χ0v) is 17.9. The lowest BCUT2D eigenvalue weighted by Gasteiger charge is -2.16. The topological polar surface area (TPSA) is 48.8 Å². The number of amidine groups is 1. The van der Waals surface area contributed by atoms with Crippen LogP contribution in [0.2, 0.25) is 0 Å². The maximum atomic E-state index is 13.5. The number of carbonyl (C=O) groups is 1. The van der Waals surface area contributed by atoms with Gasteiger partial charge in [0.2, 0.25) is 0 Å². The monoisotopic (exact) mass is 430 g/mol. The first-order chi connectivity index (χ1) is 14.7. The van der Waals surface area contributed by atoms with Crippen molar-refractivity contribution in [1.29, 1.82) is 0 Å². The number of pyridine rings is 1. The van der Waals surface area contributed by atoms with Gasteiger partial charge in [0, 0.05) is 24.3 Å². The summed E-state index contributed by atoms with van der Waals surface area (Å²) in [5, 5.41) is 1.63. The number of anilines is 1. The summed E-state index contributed by atoms with van der Waals surface area (Å²) >= 11 is 3.07. The van der Waals surface area contributed by atoms with Crippen LogP contribution >= 0.6 is 23.5 Å². The van der Waals surface area contributed by atoms with Crippen molar-refractivity contribution in [3.05, 3.63) is 94.6 Å². The molecule has 0 aliphatic carbocycles. The number of benzene rings is 2. The molecule has 148 valence electrons. The Kier molecular flexibility index (Phi) is 5.06. The second kappa shape index (κ2) is 8.01. The van der Waals surface area contributed by atoms with Crippen LogP contribution in [-0.4, -0.2) is 28.0 Å². The third-order valence-electron chi connectivity index (χ3n) is 4.87. The van der Waals surface area contributed by atoms with Crippen molar-refractivity contribution in [2.24, 2.45) is 4.99 Å². The molecule has 1 amide bonds. The summed E-state index contributed by atoms with van der Waals surface area (Å²) < 4.78 is 0. The maximum absolute atomic E-state index is 13.5. The molecule has 2 aliphatic rings. The Labute approximate surface area is 183 Å². The van der Waals surface area contributed by atoms with Gasteiger partial charge in [-0.1, -0.05) is 54.2 Å². The van der Waals surface area contributed by atoms with E-state index in [1.807, 2.05) is 61.6 Å². The average Bonchev–Trinajstić information content (AvgIpc) is 3.27. The molecular weight excluding hydrogens is 412 g/mol. The molecule has 0 N–H and O–H groups in total. The normalized spacial score (nSPS) is 19.6. The van der Waals surface area contributed by atoms with E-state index in [4.69, 9.17) is 4.99 Å². The van der Waals surface area contributed by atoms with Crippen LogP contribution in [0.25, 0.3) is 0 Å². The van der Waals surface area contributed by atoms with Crippen molar-refractivity contribution in [3.63, 3.8) is 0 Å². The van der Waals surface area contributed by atoms with Gasteiger partial charge in [-0.25, -0.2) is 4.99 Å². The lowest BCUT2D eigenvalue weighted by Crippen LogP contribution is -2.29. The maximum Gasteiger partial charge on any atom is 0.269 e. The van der Waals surface area contributed by atoms with Crippen molar-refractivity contribution in [3.8, 4) is 0 Å². The van der Waals surface area contributed by atoms with Gasteiger partial charge in [0.15, 0.2) is 5.17 Å². The number of aromatic nitrogens is 1. The molecule has 7 heteroatoms. The van der Waals surface area contributed by atoms with Crippen molar-refractivity contribution in [2.45, 2.75) is 11.4 Å². The van der Waals surface area contributed by atoms with Gasteiger partial charge < -0.3 is 4.90 Å². The molecule has 3 aromatic rings. The first kappa shape index (κ1) is 19.0. The summed E-state index contributed by atoms with van der Waals surface area (Å²) in [6.45, 7) is 0.481. The number of thioether (sulfide) groups is 2. The molecular formula is C23H18N4OS2. The molecule has 5 rings (SSSR count). The fraction of sp³-hybridized carbons (Fsp3) is 0.0870. The van der Waals surface area contributed by atoms with E-state index in [9.17, 15) is 4.79 Å². The quantitative estimate of drug-likeness (QED) is 0.531. The number of hydrogen-bond acceptors (Lipinski definition) is 6. The minimum atomic E-state index is -0.0150. The largest absolute Gasteiger partial charge is 0.337 e. The predicted molar refractivity (Wildman–Crippen MR) is 124 cm³/mol. The molecule has 0 radical (unpaired) electrons. The summed E-state index contributed by atoms with van der Waals surface area (Å²) in [7, 11) is 2.01. The van der Waals surface area contributed by atoms with E-state index in [0.29, 0.717) is 16.6 Å². The predicted octanol–water partition coefficient (Wildman–Crippen LogP) is 5.26. The van der Waals surface area contributed by atoms with Crippen LogP contribution in [-0.2, 0) is 11.3 Å². The van der Waals surface area contributed by atoms with Crippen LogP contribution in [0.4, 0.5) is 11.4 Å². The zero-order valence-electron chi connectivity index (χ0n) is 16.2. The molecule has 1 fully saturated rings. The minimum Gasteiger partial charge on any atom is -0.337 e. The lowest BCUT2D eigenvalue weighted by molar-refractivity contribution is -0.122. The SMILES string of the molecule is CN1/C(=C2/SC(=Nc3ccncc3)N(Cc3ccccc3)C2=O)Sc2ccccc21. The van der Waals surface area contributed by atoms with Crippen molar-refractivity contribution in [2.75, 3.05) is 11.9 Å². The van der Waals surface area contributed by atoms with Gasteiger partial charge in [0.1, 0.15) is 4.91 Å². The van der Waals surface area contributed by atoms with E-state index < -0.39 is 0 Å². The summed E-state index contributed by atoms with van der Waals surface area (Å²) in [5.74, 6) is -0.0150. The van der Waals surface area contributed by atoms with Crippen LogP contribution in [0.1, 0.15) is 5.56 Å². The van der Waals surface area contributed by atoms with Gasteiger partial charge in [-0.05, 0) is 41.6 Å². The number of carbonyl (C=O) groups excluding carboxylic acids is 1. The van der Waals surface area contributed by atoms with E-state index in [1.165, 1.54) is 11.8 Å². The highest BCUT2D eigenvalue weighted by Gasteiger charge is 2.39. The number of amides is 1. The van der Waals surface area contributed by atoms with Gasteiger partial charge >= 0.3 is 0 Å². The van der Waals surface area contributed by atoms with Crippen molar-refractivity contribution >= 4 is 46.0 Å². The summed E-state index contributed by atoms with van der Waals surface area (Å²) in [5.41, 5.74) is 2.96. The van der Waals surface area contributed by atoms with Gasteiger partial charge in [-0.15, -0.1) is 0 Å². The standard InChI is InChI=1S/C23H18N4OS2/c1-26-18-9-5-6-10-19(18)29-22(26)20-21(28)27(15-16-7-3-2-4-8-16)23(30-20)25-17-11-13-24-14-12-17/h2-14H,15H2,1H3/b22-20-,25-23?. The van der Waals surface area contributed by atoms with E-state index >= 15 is 0 Å². The highest BCUT2D eigenvalue weighted by molar-refractivity contribution is 8.19. The van der Waals surface area contributed by atoms with Gasteiger partial charge in [-0.2, -0.15) is 0 Å². The molecule has 30 heavy (non-hydrogen) atoms. The Morgan fingerprint density at radius 3 is 2.43 bits per heavy atom. The fourth-order valence-corrected chi connectivity index (χ4v) is 5.70. The second-order valence-corrected chi connectivity index (χ2v) is 8.85. The molecule has 0 atom stereocenters. The van der Waals surface area contributed by atoms with Gasteiger partial charge in [-0.3, -0.25) is 14.7 Å². The second-order valence-electron chi connectivity index (χ2n) is 6.84. The van der Waals surface area contributed by atoms with Crippen LogP contribution in [0.15, 0.2) is 98.9 Å². The smallest absolute Gasteiger partial charge is 0.269 e. The van der Waals surface area contributed by atoms with E-state index in [-0.39, 0.29) is 5.91 Å². The third-order valence-corrected chi connectivity index (χ3v) is 7.30. The molecule has 3 heterocycles. The molecule has 0 spiro atoms. The van der Waals surface area contributed by atoms with Crippen molar-refractivity contribution in [1.82, 2.24) is 9.88 Å². The highest BCUT2D eigenvalue weighted by atomic mass is 32.2. The van der Waals surface area contributed by atoms with Crippen LogP contribution < -0.4 is 4.90 Å². The molecule has 0 saturated carbocycles. The van der Waals surface area contributed by atoms with Crippen LogP contribution in [0.5, 0.6) is 0 Å². The number of nitrogens with zero attached hydrogens (tertiary/aromatic N) is 4. The third kappa shape index (κ3) is 3.51. The molecule has 5 nitrogen and oxygen atoms in total. The molecule has 0 unspecified atom stereocenters. The van der Waals surface area contributed by atoms with Crippen LogP contribution in [0, 0.1) is 0 Å². The number of aliphatic imine (C=N–C) groups is 1. The highest BCUT2D eigenvalue weighted by Crippen LogP contribution is 2.50. The number of hydrogen-bond donors (Lipinski definition) is 0. The molecule has 2 aromatic carbocycles. The Morgan fingerprint density at radius 1 is 0.933 bits per heavy atom. The summed E-state index contributed by atoms with van der Waals surface area (Å²) in [6.07, 6.45) is 3.41. The molecule has 1 saturated heterocycles. The first-order valence-corrected chi connectivity index (χ1v) is 11.1. The summed E-state index contributed by atoms with van der Waals surface area (Å²) in [4.78, 5) is 28.1. The molecule has 1 aromatic heterocycles. The minimum absolute atomic E-state index is 0.0150. The van der Waals surface area contributed by atoms with Crippen LogP contribution in [0.3, 0.4) is 0 Å². The van der Waals surface area contributed by atoms with Gasteiger partial charge in [0.25, 0.3) is 5.91 Å².